The predicted octanol–water partition coefficient (Wildman–Crippen LogP) is 8.14. The summed E-state index contributed by atoms with van der Waals surface area (Å²) in [5.74, 6) is -2.62. The molecule has 11 heteroatoms. The minimum atomic E-state index is -4.99. The lowest BCUT2D eigenvalue weighted by Gasteiger charge is -2.15. The summed E-state index contributed by atoms with van der Waals surface area (Å²) >= 11 is 24.0. The fraction of sp³-hybridized carbons (Fsp3) is 0.0833. The van der Waals surface area contributed by atoms with Gasteiger partial charge in [0.15, 0.2) is 0 Å². The Morgan fingerprint density at radius 2 is 1.43 bits per heavy atom. The monoisotopic (exact) mass is 558 g/mol. The third kappa shape index (κ3) is 5.28. The van der Waals surface area contributed by atoms with E-state index in [0.29, 0.717) is 15.6 Å². The van der Waals surface area contributed by atoms with E-state index < -0.39 is 29.1 Å². The number of halogens is 7. The first-order chi connectivity index (χ1) is 16.5. The largest absolute Gasteiger partial charge is 0.432 e. The van der Waals surface area contributed by atoms with Crippen molar-refractivity contribution in [2.75, 3.05) is 5.32 Å². The molecule has 0 fully saturated rings. The fourth-order valence-corrected chi connectivity index (χ4v) is 4.44. The highest BCUT2D eigenvalue weighted by Gasteiger charge is 2.42. The molecule has 0 spiro atoms. The number of hydrogen-bond donors (Lipinski definition) is 1. The fourth-order valence-electron chi connectivity index (χ4n) is 3.67. The van der Waals surface area contributed by atoms with Crippen LogP contribution in [-0.2, 0) is 17.5 Å². The zero-order chi connectivity index (χ0) is 25.5. The van der Waals surface area contributed by atoms with Crippen molar-refractivity contribution in [3.05, 3.63) is 97.6 Å². The summed E-state index contributed by atoms with van der Waals surface area (Å²) in [6.07, 6.45) is -4.99. The van der Waals surface area contributed by atoms with E-state index in [-0.39, 0.29) is 33.2 Å². The molecule has 0 aliphatic heterocycles. The van der Waals surface area contributed by atoms with E-state index in [9.17, 15) is 22.8 Å². The first kappa shape index (κ1) is 25.4. The van der Waals surface area contributed by atoms with Gasteiger partial charge in [0.1, 0.15) is 5.69 Å². The molecule has 4 nitrogen and oxygen atoms in total. The van der Waals surface area contributed by atoms with Crippen LogP contribution in [0.2, 0.25) is 20.1 Å². The van der Waals surface area contributed by atoms with E-state index in [4.69, 9.17) is 46.4 Å². The van der Waals surface area contributed by atoms with Gasteiger partial charge in [-0.3, -0.25) is 9.59 Å². The van der Waals surface area contributed by atoms with Crippen molar-refractivity contribution in [3.8, 4) is 0 Å². The van der Waals surface area contributed by atoms with Gasteiger partial charge in [-0.15, -0.1) is 0 Å². The summed E-state index contributed by atoms with van der Waals surface area (Å²) in [6.45, 7) is -0.338. The average molecular weight is 560 g/mol. The Balaban J connectivity index is 1.89. The second-order valence-corrected chi connectivity index (χ2v) is 9.21. The summed E-state index contributed by atoms with van der Waals surface area (Å²) in [5, 5.41) is 3.13. The Morgan fingerprint density at radius 1 is 0.829 bits per heavy atom. The molecule has 1 amide bonds. The number of rotatable bonds is 5. The first-order valence-corrected chi connectivity index (χ1v) is 11.4. The SMILES string of the molecule is O=C(Nc1ccc(Cl)cc1)C(=O)c1c(C(F)(F)F)n(Cc2ccc(Cl)cc2Cl)c2ccc(Cl)cc12. The van der Waals surface area contributed by atoms with Gasteiger partial charge in [0.05, 0.1) is 5.56 Å². The van der Waals surface area contributed by atoms with Gasteiger partial charge in [-0.1, -0.05) is 52.5 Å². The van der Waals surface area contributed by atoms with Crippen molar-refractivity contribution in [2.45, 2.75) is 12.7 Å². The highest BCUT2D eigenvalue weighted by Crippen LogP contribution is 2.40. The third-order valence-electron chi connectivity index (χ3n) is 5.17. The molecule has 1 aromatic heterocycles. The van der Waals surface area contributed by atoms with Crippen molar-refractivity contribution in [1.29, 1.82) is 0 Å². The highest BCUT2D eigenvalue weighted by molar-refractivity contribution is 6.49. The van der Waals surface area contributed by atoms with Crippen molar-refractivity contribution in [2.24, 2.45) is 0 Å². The summed E-state index contributed by atoms with van der Waals surface area (Å²) in [6, 6.07) is 14.1. The molecule has 1 N–H and O–H groups in total. The number of alkyl halides is 3. The molecule has 0 atom stereocenters. The molecular weight excluding hydrogens is 547 g/mol. The highest BCUT2D eigenvalue weighted by atomic mass is 35.5. The first-order valence-electron chi connectivity index (χ1n) is 9.90. The number of aromatic nitrogens is 1. The van der Waals surface area contributed by atoms with Gasteiger partial charge in [-0.25, -0.2) is 0 Å². The topological polar surface area (TPSA) is 51.1 Å². The molecular formula is C24H13Cl4F3N2O2. The molecule has 0 aliphatic rings. The molecule has 4 rings (SSSR count). The molecule has 0 radical (unpaired) electrons. The number of amides is 1. The minimum absolute atomic E-state index is 0.0513. The maximum Gasteiger partial charge on any atom is 0.432 e. The number of nitrogens with zero attached hydrogens (tertiary/aromatic N) is 1. The second kappa shape index (κ2) is 9.74. The lowest BCUT2D eigenvalue weighted by molar-refractivity contribution is -0.143. The Morgan fingerprint density at radius 3 is 2.06 bits per heavy atom. The van der Waals surface area contributed by atoms with Crippen LogP contribution in [0.4, 0.5) is 18.9 Å². The van der Waals surface area contributed by atoms with Gasteiger partial charge in [-0.05, 0) is 60.2 Å². The Bertz CT molecular complexity index is 1460. The standard InChI is InChI=1S/C24H13Cl4F3N2O2/c25-13-3-6-16(7-4-13)32-23(35)21(34)20-17-9-14(26)5-8-19(17)33(22(20)24(29,30)31)11-12-1-2-15(27)10-18(12)28/h1-10H,11H2,(H,32,35). The molecule has 0 saturated carbocycles. The number of fused-ring (bicyclic) bond motifs is 1. The molecule has 0 bridgehead atoms. The van der Waals surface area contributed by atoms with Gasteiger partial charge in [0, 0.05) is 43.2 Å². The van der Waals surface area contributed by atoms with Crippen LogP contribution in [0.15, 0.2) is 60.7 Å². The van der Waals surface area contributed by atoms with Crippen molar-refractivity contribution >= 4 is 74.7 Å². The number of carbonyl (C=O) groups is 2. The second-order valence-electron chi connectivity index (χ2n) is 7.49. The molecule has 35 heavy (non-hydrogen) atoms. The van der Waals surface area contributed by atoms with E-state index in [1.807, 2.05) is 0 Å². The van der Waals surface area contributed by atoms with Gasteiger partial charge in [0.2, 0.25) is 0 Å². The van der Waals surface area contributed by atoms with Crippen LogP contribution in [0.3, 0.4) is 0 Å². The lowest BCUT2D eigenvalue weighted by Crippen LogP contribution is -2.26. The molecule has 3 aromatic carbocycles. The summed E-state index contributed by atoms with van der Waals surface area (Å²) < 4.78 is 44.1. The van der Waals surface area contributed by atoms with Crippen LogP contribution in [0.1, 0.15) is 21.6 Å². The Hall–Kier alpha value is -2.71. The number of Topliss-reactive ketones (excluding diaryl/α,β-unsaturated/α-hetero) is 1. The van der Waals surface area contributed by atoms with E-state index in [2.05, 4.69) is 5.32 Å². The maximum absolute atomic E-state index is 14.4. The maximum atomic E-state index is 14.4. The average Bonchev–Trinajstić information content (AvgIpc) is 3.10. The number of benzene rings is 3. The van der Waals surface area contributed by atoms with Gasteiger partial charge < -0.3 is 9.88 Å². The van der Waals surface area contributed by atoms with Gasteiger partial charge in [0.25, 0.3) is 11.7 Å². The normalized spacial score (nSPS) is 11.6. The van der Waals surface area contributed by atoms with E-state index in [1.165, 1.54) is 60.7 Å². The zero-order valence-electron chi connectivity index (χ0n) is 17.4. The van der Waals surface area contributed by atoms with Crippen molar-refractivity contribution in [1.82, 2.24) is 4.57 Å². The predicted molar refractivity (Wildman–Crippen MR) is 132 cm³/mol. The summed E-state index contributed by atoms with van der Waals surface area (Å²) in [5.41, 5.74) is -1.53. The van der Waals surface area contributed by atoms with E-state index in [0.717, 1.165) is 4.57 Å². The number of nitrogens with one attached hydrogen (secondary N) is 1. The quantitative estimate of drug-likeness (QED) is 0.198. The van der Waals surface area contributed by atoms with Crippen LogP contribution < -0.4 is 5.32 Å². The van der Waals surface area contributed by atoms with E-state index in [1.54, 1.807) is 0 Å². The van der Waals surface area contributed by atoms with Crippen LogP contribution >= 0.6 is 46.4 Å². The molecule has 0 saturated heterocycles. The number of hydrogen-bond acceptors (Lipinski definition) is 2. The van der Waals surface area contributed by atoms with Crippen LogP contribution in [-0.4, -0.2) is 16.3 Å². The molecule has 0 unspecified atom stereocenters. The molecule has 4 aromatic rings. The number of anilines is 1. The smallest absolute Gasteiger partial charge is 0.332 e. The third-order valence-corrected chi connectivity index (χ3v) is 6.25. The van der Waals surface area contributed by atoms with Gasteiger partial charge in [-0.2, -0.15) is 13.2 Å². The molecule has 180 valence electrons. The minimum Gasteiger partial charge on any atom is -0.332 e. The zero-order valence-corrected chi connectivity index (χ0v) is 20.4. The van der Waals surface area contributed by atoms with E-state index >= 15 is 0 Å². The molecule has 0 aliphatic carbocycles. The van der Waals surface area contributed by atoms with Crippen LogP contribution in [0, 0.1) is 0 Å². The Kier molecular flexibility index (Phi) is 7.06. The van der Waals surface area contributed by atoms with Gasteiger partial charge >= 0.3 is 6.18 Å². The number of ketones is 1. The summed E-state index contributed by atoms with van der Waals surface area (Å²) in [4.78, 5) is 25.9. The Labute approximate surface area is 217 Å². The van der Waals surface area contributed by atoms with Crippen LogP contribution in [0.5, 0.6) is 0 Å². The van der Waals surface area contributed by atoms with Crippen molar-refractivity contribution < 1.29 is 22.8 Å². The molecule has 1 heterocycles. The van der Waals surface area contributed by atoms with Crippen LogP contribution in [0.25, 0.3) is 10.9 Å². The lowest BCUT2D eigenvalue weighted by atomic mass is 10.1. The summed E-state index contributed by atoms with van der Waals surface area (Å²) in [7, 11) is 0. The number of carbonyl (C=O) groups excluding carboxylic acids is 2. The van der Waals surface area contributed by atoms with Crippen molar-refractivity contribution in [3.63, 3.8) is 0 Å².